The van der Waals surface area contributed by atoms with Crippen molar-refractivity contribution in [2.45, 2.75) is 65.8 Å². The van der Waals surface area contributed by atoms with Gasteiger partial charge in [0.1, 0.15) is 16.9 Å². The summed E-state index contributed by atoms with van der Waals surface area (Å²) >= 11 is 0. The number of carbonyl (C=O) groups excluding carboxylic acids is 2. The predicted molar refractivity (Wildman–Crippen MR) is 115 cm³/mol. The maximum atomic E-state index is 12.7. The van der Waals surface area contributed by atoms with Gasteiger partial charge in [0.25, 0.3) is 0 Å². The molecule has 3 rings (SSSR count). The van der Waals surface area contributed by atoms with Gasteiger partial charge in [0.05, 0.1) is 5.56 Å². The van der Waals surface area contributed by atoms with Crippen molar-refractivity contribution in [3.63, 3.8) is 0 Å². The zero-order chi connectivity index (χ0) is 22.9. The van der Waals surface area contributed by atoms with Gasteiger partial charge in [-0.05, 0) is 51.8 Å². The van der Waals surface area contributed by atoms with Crippen molar-refractivity contribution in [3.05, 3.63) is 51.9 Å². The maximum Gasteiger partial charge on any atom is 0.336 e. The van der Waals surface area contributed by atoms with Gasteiger partial charge in [-0.1, -0.05) is 19.9 Å². The summed E-state index contributed by atoms with van der Waals surface area (Å²) in [6, 6.07) is 6.43. The minimum absolute atomic E-state index is 0.0801. The van der Waals surface area contributed by atoms with E-state index >= 15 is 0 Å². The molecule has 1 aromatic carbocycles. The van der Waals surface area contributed by atoms with Crippen LogP contribution in [0, 0.1) is 5.92 Å². The van der Waals surface area contributed by atoms with E-state index in [0.717, 1.165) is 0 Å². The topological polar surface area (TPSA) is 92.0 Å². The monoisotopic (exact) mass is 428 g/mol. The molecule has 31 heavy (non-hydrogen) atoms. The van der Waals surface area contributed by atoms with Crippen LogP contribution in [0.4, 0.5) is 0 Å². The fraction of sp³-hybridized carbons (Fsp3) is 0.458. The van der Waals surface area contributed by atoms with E-state index in [2.05, 4.69) is 0 Å². The van der Waals surface area contributed by atoms with Crippen molar-refractivity contribution < 1.29 is 28.2 Å². The number of esters is 2. The molecule has 166 valence electrons. The molecule has 7 nitrogen and oxygen atoms in total. The van der Waals surface area contributed by atoms with Crippen molar-refractivity contribution in [1.29, 1.82) is 0 Å². The summed E-state index contributed by atoms with van der Waals surface area (Å²) in [6.07, 6.45) is -0.139. The molecule has 0 aliphatic carbocycles. The first-order valence-electron chi connectivity index (χ1n) is 10.3. The number of carbonyl (C=O) groups is 2. The molecule has 1 aromatic heterocycles. The normalized spacial score (nSPS) is 20.2. The van der Waals surface area contributed by atoms with Gasteiger partial charge in [-0.25, -0.2) is 9.59 Å². The highest BCUT2D eigenvalue weighted by Crippen LogP contribution is 2.46. The SMILES string of the molecule is C/C=C(/C)C(=O)O[C@@H]1[C@H](OC(=O)CC(C)C)c2c(ccc3ccc(=O)oc23)OC1(C)C. The first kappa shape index (κ1) is 22.6. The number of hydrogen-bond donors (Lipinski definition) is 0. The van der Waals surface area contributed by atoms with Gasteiger partial charge in [-0.15, -0.1) is 0 Å². The van der Waals surface area contributed by atoms with Crippen molar-refractivity contribution >= 4 is 22.9 Å². The van der Waals surface area contributed by atoms with Crippen molar-refractivity contribution in [1.82, 2.24) is 0 Å². The Balaban J connectivity index is 2.18. The van der Waals surface area contributed by atoms with Crippen LogP contribution in [-0.4, -0.2) is 23.6 Å². The van der Waals surface area contributed by atoms with E-state index in [1.165, 1.54) is 6.07 Å². The fourth-order valence-electron chi connectivity index (χ4n) is 3.53. The van der Waals surface area contributed by atoms with Crippen LogP contribution in [0.2, 0.25) is 0 Å². The summed E-state index contributed by atoms with van der Waals surface area (Å²) in [4.78, 5) is 37.2. The number of ether oxygens (including phenoxy) is 3. The number of benzene rings is 1. The van der Waals surface area contributed by atoms with Crippen molar-refractivity contribution in [2.24, 2.45) is 5.92 Å². The summed E-state index contributed by atoms with van der Waals surface area (Å²) < 4.78 is 23.2. The third-order valence-corrected chi connectivity index (χ3v) is 5.23. The summed E-state index contributed by atoms with van der Waals surface area (Å²) in [5.41, 5.74) is -0.522. The predicted octanol–water partition coefficient (Wildman–Crippen LogP) is 4.47. The highest BCUT2D eigenvalue weighted by molar-refractivity contribution is 5.88. The molecule has 7 heteroatoms. The van der Waals surface area contributed by atoms with E-state index in [1.807, 2.05) is 13.8 Å². The molecule has 1 aliphatic rings. The molecule has 0 N–H and O–H groups in total. The zero-order valence-electron chi connectivity index (χ0n) is 18.7. The minimum atomic E-state index is -1.01. The molecule has 0 bridgehead atoms. The lowest BCUT2D eigenvalue weighted by Crippen LogP contribution is -2.52. The Morgan fingerprint density at radius 1 is 1.16 bits per heavy atom. The molecule has 0 saturated carbocycles. The average molecular weight is 428 g/mol. The second kappa shape index (κ2) is 8.57. The Morgan fingerprint density at radius 3 is 2.48 bits per heavy atom. The van der Waals surface area contributed by atoms with Crippen LogP contribution >= 0.6 is 0 Å². The Kier molecular flexibility index (Phi) is 6.25. The number of fused-ring (bicyclic) bond motifs is 3. The van der Waals surface area contributed by atoms with E-state index in [-0.39, 0.29) is 17.9 Å². The molecule has 0 fully saturated rings. The van der Waals surface area contributed by atoms with Crippen LogP contribution in [0.5, 0.6) is 5.75 Å². The minimum Gasteiger partial charge on any atom is -0.483 e. The first-order chi connectivity index (χ1) is 14.5. The maximum absolute atomic E-state index is 12.7. The summed E-state index contributed by atoms with van der Waals surface area (Å²) in [6.45, 7) is 10.7. The van der Waals surface area contributed by atoms with Gasteiger partial charge in [0.2, 0.25) is 0 Å². The third-order valence-electron chi connectivity index (χ3n) is 5.23. The van der Waals surface area contributed by atoms with Gasteiger partial charge < -0.3 is 18.6 Å². The lowest BCUT2D eigenvalue weighted by Gasteiger charge is -2.43. The Labute approximate surface area is 181 Å². The van der Waals surface area contributed by atoms with Gasteiger partial charge in [0, 0.05) is 23.4 Å². The summed E-state index contributed by atoms with van der Waals surface area (Å²) in [5.74, 6) is -0.497. The molecule has 0 radical (unpaired) electrons. The highest BCUT2D eigenvalue weighted by Gasteiger charge is 2.50. The largest absolute Gasteiger partial charge is 0.483 e. The van der Waals surface area contributed by atoms with Crippen LogP contribution in [0.1, 0.15) is 59.6 Å². The second-order valence-corrected chi connectivity index (χ2v) is 8.66. The smallest absolute Gasteiger partial charge is 0.336 e. The zero-order valence-corrected chi connectivity index (χ0v) is 18.7. The molecule has 1 aliphatic heterocycles. The fourth-order valence-corrected chi connectivity index (χ4v) is 3.53. The second-order valence-electron chi connectivity index (χ2n) is 8.66. The number of hydrogen-bond acceptors (Lipinski definition) is 7. The Bertz CT molecular complexity index is 1090. The van der Waals surface area contributed by atoms with Gasteiger partial charge in [0.15, 0.2) is 12.2 Å². The van der Waals surface area contributed by atoms with E-state index in [9.17, 15) is 14.4 Å². The molecule has 2 aromatic rings. The van der Waals surface area contributed by atoms with Crippen molar-refractivity contribution in [3.8, 4) is 5.75 Å². The van der Waals surface area contributed by atoms with E-state index in [1.54, 1.807) is 52.0 Å². The number of allylic oxidation sites excluding steroid dienone is 1. The molecule has 0 spiro atoms. The van der Waals surface area contributed by atoms with Crippen LogP contribution in [0.3, 0.4) is 0 Å². The third kappa shape index (κ3) is 4.65. The Morgan fingerprint density at radius 2 is 1.84 bits per heavy atom. The quantitative estimate of drug-likeness (QED) is 0.394. The summed E-state index contributed by atoms with van der Waals surface area (Å²) in [5, 5.41) is 0.640. The van der Waals surface area contributed by atoms with Crippen LogP contribution in [-0.2, 0) is 19.1 Å². The molecule has 2 heterocycles. The lowest BCUT2D eigenvalue weighted by molar-refractivity contribution is -0.188. The van der Waals surface area contributed by atoms with E-state index in [4.69, 9.17) is 18.6 Å². The van der Waals surface area contributed by atoms with Gasteiger partial charge in [-0.2, -0.15) is 0 Å². The molecule has 0 unspecified atom stereocenters. The molecule has 0 saturated heterocycles. The van der Waals surface area contributed by atoms with Crippen LogP contribution < -0.4 is 10.4 Å². The molecule has 0 amide bonds. The van der Waals surface area contributed by atoms with Crippen LogP contribution in [0.25, 0.3) is 11.0 Å². The summed E-state index contributed by atoms with van der Waals surface area (Å²) in [7, 11) is 0. The van der Waals surface area contributed by atoms with Crippen molar-refractivity contribution in [2.75, 3.05) is 0 Å². The first-order valence-corrected chi connectivity index (χ1v) is 10.3. The standard InChI is InChI=1S/C24H28O7/c1-7-14(4)23(27)30-22-21(29-18(26)12-13(2)3)19-16(31-24(22,5)6)10-8-15-9-11-17(25)28-20(15)19/h7-11,13,21-22H,12H2,1-6H3/b14-7-/t21-,22-/m1/s1. The van der Waals surface area contributed by atoms with Gasteiger partial charge in [-0.3, -0.25) is 4.79 Å². The highest BCUT2D eigenvalue weighted by atomic mass is 16.6. The molecule has 2 atom stereocenters. The lowest BCUT2D eigenvalue weighted by atomic mass is 9.87. The van der Waals surface area contributed by atoms with Crippen LogP contribution in [0.15, 0.2) is 45.1 Å². The molecular formula is C24H28O7. The van der Waals surface area contributed by atoms with Gasteiger partial charge >= 0.3 is 17.6 Å². The Hall–Kier alpha value is -3.09. The number of rotatable bonds is 5. The average Bonchev–Trinajstić information content (AvgIpc) is 2.68. The van der Waals surface area contributed by atoms with E-state index < -0.39 is 35.4 Å². The van der Waals surface area contributed by atoms with E-state index in [0.29, 0.717) is 22.3 Å². The molecular weight excluding hydrogens is 400 g/mol.